The highest BCUT2D eigenvalue weighted by Crippen LogP contribution is 2.39. The van der Waals surface area contributed by atoms with Crippen LogP contribution in [0.4, 0.5) is 0 Å². The van der Waals surface area contributed by atoms with Gasteiger partial charge >= 0.3 is 0 Å². The average molecular weight is 226 g/mol. The molecule has 0 aliphatic heterocycles. The lowest BCUT2D eigenvalue weighted by Crippen LogP contribution is -2.06. The smallest absolute Gasteiger partial charge is 0.0568 e. The number of rotatable bonds is 3. The highest BCUT2D eigenvalue weighted by atomic mass is 15.3. The van der Waals surface area contributed by atoms with Gasteiger partial charge in [0.2, 0.25) is 0 Å². The molecule has 1 heterocycles. The maximum absolute atomic E-state index is 4.49. The molecule has 2 nitrogen and oxygen atoms in total. The van der Waals surface area contributed by atoms with Crippen LogP contribution in [-0.4, -0.2) is 9.78 Å². The van der Waals surface area contributed by atoms with E-state index in [0.717, 1.165) is 5.92 Å². The largest absolute Gasteiger partial charge is 0.269 e. The fourth-order valence-electron chi connectivity index (χ4n) is 2.25. The number of aromatic nitrogens is 2. The first kappa shape index (κ1) is 10.6. The first-order valence-corrected chi connectivity index (χ1v) is 6.35. The second-order valence-electron chi connectivity index (χ2n) is 5.15. The van der Waals surface area contributed by atoms with E-state index in [2.05, 4.69) is 54.1 Å². The van der Waals surface area contributed by atoms with Crippen LogP contribution in [0.2, 0.25) is 0 Å². The van der Waals surface area contributed by atoms with Gasteiger partial charge < -0.3 is 0 Å². The lowest BCUT2D eigenvalue weighted by Gasteiger charge is -2.09. The molecule has 0 spiro atoms. The number of nitrogens with zero attached hydrogens (tertiary/aromatic N) is 2. The van der Waals surface area contributed by atoms with Gasteiger partial charge in [-0.3, -0.25) is 4.68 Å². The van der Waals surface area contributed by atoms with Crippen LogP contribution >= 0.6 is 0 Å². The molecular weight excluding hydrogens is 208 g/mol. The SMILES string of the molecule is Cc1ccc(-c2cnn(C(C)C3CC3)c2)cc1. The van der Waals surface area contributed by atoms with E-state index in [-0.39, 0.29) is 0 Å². The van der Waals surface area contributed by atoms with Crippen LogP contribution in [0, 0.1) is 12.8 Å². The third-order valence-electron chi connectivity index (χ3n) is 3.71. The Labute approximate surface area is 102 Å². The second kappa shape index (κ2) is 4.02. The Kier molecular flexibility index (Phi) is 2.50. The molecular formula is C15H18N2. The molecule has 2 heteroatoms. The predicted molar refractivity (Wildman–Crippen MR) is 69.8 cm³/mol. The number of hydrogen-bond donors (Lipinski definition) is 0. The van der Waals surface area contributed by atoms with E-state index in [4.69, 9.17) is 0 Å². The monoisotopic (exact) mass is 226 g/mol. The summed E-state index contributed by atoms with van der Waals surface area (Å²) in [6.07, 6.45) is 6.87. The fourth-order valence-corrected chi connectivity index (χ4v) is 2.25. The molecule has 0 bridgehead atoms. The Bertz CT molecular complexity index is 506. The maximum Gasteiger partial charge on any atom is 0.0568 e. The van der Waals surface area contributed by atoms with Gasteiger partial charge in [-0.25, -0.2) is 0 Å². The van der Waals surface area contributed by atoms with Crippen molar-refractivity contribution in [2.75, 3.05) is 0 Å². The van der Waals surface area contributed by atoms with Gasteiger partial charge in [0.15, 0.2) is 0 Å². The van der Waals surface area contributed by atoms with E-state index >= 15 is 0 Å². The second-order valence-corrected chi connectivity index (χ2v) is 5.15. The topological polar surface area (TPSA) is 17.8 Å². The molecule has 1 aromatic heterocycles. The lowest BCUT2D eigenvalue weighted by molar-refractivity contribution is 0.440. The molecule has 1 atom stereocenters. The van der Waals surface area contributed by atoms with Gasteiger partial charge in [-0.2, -0.15) is 5.10 Å². The minimum atomic E-state index is 0.550. The van der Waals surface area contributed by atoms with Crippen molar-refractivity contribution >= 4 is 0 Å². The third-order valence-corrected chi connectivity index (χ3v) is 3.71. The zero-order valence-electron chi connectivity index (χ0n) is 10.4. The molecule has 1 saturated carbocycles. The Morgan fingerprint density at radius 3 is 2.53 bits per heavy atom. The number of hydrogen-bond acceptors (Lipinski definition) is 1. The van der Waals surface area contributed by atoms with Gasteiger partial charge in [0.25, 0.3) is 0 Å². The highest BCUT2D eigenvalue weighted by Gasteiger charge is 2.29. The van der Waals surface area contributed by atoms with E-state index in [1.807, 2.05) is 6.20 Å². The summed E-state index contributed by atoms with van der Waals surface area (Å²) in [5.74, 6) is 0.848. The van der Waals surface area contributed by atoms with Crippen molar-refractivity contribution in [1.29, 1.82) is 0 Å². The van der Waals surface area contributed by atoms with Gasteiger partial charge in [0.1, 0.15) is 0 Å². The van der Waals surface area contributed by atoms with Crippen molar-refractivity contribution in [3.8, 4) is 11.1 Å². The summed E-state index contributed by atoms with van der Waals surface area (Å²) in [7, 11) is 0. The molecule has 2 aromatic rings. The van der Waals surface area contributed by atoms with Crippen LogP contribution in [0.15, 0.2) is 36.7 Å². The first-order chi connectivity index (χ1) is 8.24. The predicted octanol–water partition coefficient (Wildman–Crippen LogP) is 3.83. The molecule has 88 valence electrons. The summed E-state index contributed by atoms with van der Waals surface area (Å²) in [5, 5.41) is 4.49. The third kappa shape index (κ3) is 2.12. The minimum Gasteiger partial charge on any atom is -0.269 e. The molecule has 1 fully saturated rings. The Balaban J connectivity index is 1.86. The Hall–Kier alpha value is -1.57. The number of benzene rings is 1. The molecule has 1 unspecified atom stereocenters. The summed E-state index contributed by atoms with van der Waals surface area (Å²) in [6.45, 7) is 4.38. The fraction of sp³-hybridized carbons (Fsp3) is 0.400. The van der Waals surface area contributed by atoms with Crippen molar-refractivity contribution in [2.24, 2.45) is 5.92 Å². The van der Waals surface area contributed by atoms with Crippen LogP contribution in [0.1, 0.15) is 31.4 Å². The zero-order chi connectivity index (χ0) is 11.8. The van der Waals surface area contributed by atoms with Crippen molar-refractivity contribution in [2.45, 2.75) is 32.7 Å². The molecule has 1 aliphatic carbocycles. The quantitative estimate of drug-likeness (QED) is 0.777. The van der Waals surface area contributed by atoms with Crippen LogP contribution in [0.25, 0.3) is 11.1 Å². The minimum absolute atomic E-state index is 0.550. The van der Waals surface area contributed by atoms with E-state index in [0.29, 0.717) is 6.04 Å². The first-order valence-electron chi connectivity index (χ1n) is 6.35. The van der Waals surface area contributed by atoms with E-state index < -0.39 is 0 Å². The van der Waals surface area contributed by atoms with E-state index in [1.54, 1.807) is 0 Å². The molecule has 1 aliphatic rings. The van der Waals surface area contributed by atoms with Crippen molar-refractivity contribution in [3.63, 3.8) is 0 Å². The summed E-state index contributed by atoms with van der Waals surface area (Å²) >= 11 is 0. The van der Waals surface area contributed by atoms with Gasteiger partial charge in [-0.05, 0) is 38.2 Å². The van der Waals surface area contributed by atoms with E-state index in [1.165, 1.54) is 29.5 Å². The standard InChI is InChI=1S/C15H18N2/c1-11-3-5-14(6-4-11)15-9-16-17(10-15)12(2)13-7-8-13/h3-6,9-10,12-13H,7-8H2,1-2H3. The maximum atomic E-state index is 4.49. The van der Waals surface area contributed by atoms with Crippen LogP contribution in [0.5, 0.6) is 0 Å². The molecule has 0 saturated heterocycles. The van der Waals surface area contributed by atoms with Gasteiger partial charge in [0, 0.05) is 11.8 Å². The van der Waals surface area contributed by atoms with Gasteiger partial charge in [0.05, 0.1) is 12.2 Å². The van der Waals surface area contributed by atoms with Crippen LogP contribution in [0.3, 0.4) is 0 Å². The normalized spacial score (nSPS) is 17.1. The summed E-state index contributed by atoms with van der Waals surface area (Å²) in [6, 6.07) is 9.18. The molecule has 0 amide bonds. The Morgan fingerprint density at radius 1 is 1.18 bits per heavy atom. The van der Waals surface area contributed by atoms with Crippen molar-refractivity contribution < 1.29 is 0 Å². The summed E-state index contributed by atoms with van der Waals surface area (Å²) in [5.41, 5.74) is 3.77. The van der Waals surface area contributed by atoms with Crippen molar-refractivity contribution in [1.82, 2.24) is 9.78 Å². The van der Waals surface area contributed by atoms with Gasteiger partial charge in [-0.1, -0.05) is 29.8 Å². The number of aryl methyl sites for hydroxylation is 1. The average Bonchev–Trinajstić information content (AvgIpc) is 3.07. The molecule has 0 radical (unpaired) electrons. The van der Waals surface area contributed by atoms with Crippen LogP contribution < -0.4 is 0 Å². The Morgan fingerprint density at radius 2 is 1.88 bits per heavy atom. The van der Waals surface area contributed by atoms with Crippen molar-refractivity contribution in [3.05, 3.63) is 42.2 Å². The lowest BCUT2D eigenvalue weighted by atomic mass is 10.1. The molecule has 1 aromatic carbocycles. The zero-order valence-corrected chi connectivity index (χ0v) is 10.4. The van der Waals surface area contributed by atoms with E-state index in [9.17, 15) is 0 Å². The molecule has 3 rings (SSSR count). The highest BCUT2D eigenvalue weighted by molar-refractivity contribution is 5.61. The molecule has 0 N–H and O–H groups in total. The summed E-state index contributed by atoms with van der Waals surface area (Å²) in [4.78, 5) is 0. The van der Waals surface area contributed by atoms with Crippen LogP contribution in [-0.2, 0) is 0 Å². The van der Waals surface area contributed by atoms with Gasteiger partial charge in [-0.15, -0.1) is 0 Å². The summed E-state index contributed by atoms with van der Waals surface area (Å²) < 4.78 is 2.12. The molecule has 17 heavy (non-hydrogen) atoms.